The molecule has 0 aliphatic heterocycles. The van der Waals surface area contributed by atoms with Crippen molar-refractivity contribution in [1.29, 1.82) is 0 Å². The molecule has 6 nitrogen and oxygen atoms in total. The van der Waals surface area contributed by atoms with Gasteiger partial charge in [0.15, 0.2) is 5.65 Å². The first-order valence-corrected chi connectivity index (χ1v) is 6.71. The van der Waals surface area contributed by atoms with E-state index in [1.54, 1.807) is 11.3 Å². The van der Waals surface area contributed by atoms with Crippen LogP contribution in [0.2, 0.25) is 0 Å². The summed E-state index contributed by atoms with van der Waals surface area (Å²) in [6.45, 7) is 5.44. The fourth-order valence-corrected chi connectivity index (χ4v) is 2.64. The lowest BCUT2D eigenvalue weighted by molar-refractivity contribution is 0.646. The molecule has 0 unspecified atom stereocenters. The van der Waals surface area contributed by atoms with Crippen LogP contribution in [0.3, 0.4) is 0 Å². The zero-order valence-electron chi connectivity index (χ0n) is 10.3. The predicted octanol–water partition coefficient (Wildman–Crippen LogP) is 1.65. The summed E-state index contributed by atoms with van der Waals surface area (Å²) in [5, 5.41) is 6.48. The number of nitrogen functional groups attached to an aromatic ring is 1. The quantitative estimate of drug-likeness (QED) is 0.778. The number of hydrogen-bond acceptors (Lipinski definition) is 5. The molecule has 18 heavy (non-hydrogen) atoms. The lowest BCUT2D eigenvalue weighted by atomic mass is 10.4. The van der Waals surface area contributed by atoms with E-state index >= 15 is 0 Å². The standard InChI is InChI=1S/C11H14N6S/c1-3-17-10-9(7(2)15-17)14-11(12)16(10)4-8-5-18-6-13-8/h5-6H,3-4H2,1-2H3,(H2,12,14). The molecule has 0 aliphatic rings. The highest BCUT2D eigenvalue weighted by molar-refractivity contribution is 7.07. The molecule has 7 heteroatoms. The van der Waals surface area contributed by atoms with E-state index in [0.717, 1.165) is 29.1 Å². The predicted molar refractivity (Wildman–Crippen MR) is 71.6 cm³/mol. The van der Waals surface area contributed by atoms with Gasteiger partial charge in [0.1, 0.15) is 5.52 Å². The molecule has 0 bridgehead atoms. The third-order valence-corrected chi connectivity index (χ3v) is 3.57. The van der Waals surface area contributed by atoms with E-state index in [4.69, 9.17) is 5.73 Å². The van der Waals surface area contributed by atoms with Crippen molar-refractivity contribution in [3.63, 3.8) is 0 Å². The minimum absolute atomic E-state index is 0.515. The molecule has 0 aromatic carbocycles. The number of thiazole rings is 1. The molecule has 0 spiro atoms. The van der Waals surface area contributed by atoms with Crippen LogP contribution in [0.25, 0.3) is 11.2 Å². The van der Waals surface area contributed by atoms with Gasteiger partial charge < -0.3 is 5.73 Å². The molecule has 0 atom stereocenters. The maximum absolute atomic E-state index is 5.99. The summed E-state index contributed by atoms with van der Waals surface area (Å²) in [5.74, 6) is 0.515. The monoisotopic (exact) mass is 262 g/mol. The summed E-state index contributed by atoms with van der Waals surface area (Å²) < 4.78 is 3.90. The largest absolute Gasteiger partial charge is 0.369 e. The van der Waals surface area contributed by atoms with Gasteiger partial charge in [-0.25, -0.2) is 14.6 Å². The number of hydrogen-bond donors (Lipinski definition) is 1. The van der Waals surface area contributed by atoms with Gasteiger partial charge in [-0.1, -0.05) is 0 Å². The van der Waals surface area contributed by atoms with Crippen molar-refractivity contribution >= 4 is 28.4 Å². The van der Waals surface area contributed by atoms with Crippen molar-refractivity contribution < 1.29 is 0 Å². The fourth-order valence-electron chi connectivity index (χ4n) is 2.10. The molecule has 3 aromatic rings. The van der Waals surface area contributed by atoms with Crippen LogP contribution >= 0.6 is 11.3 Å². The van der Waals surface area contributed by atoms with Gasteiger partial charge in [-0.2, -0.15) is 5.10 Å². The van der Waals surface area contributed by atoms with Gasteiger partial charge >= 0.3 is 0 Å². The van der Waals surface area contributed by atoms with Crippen LogP contribution < -0.4 is 5.73 Å². The third kappa shape index (κ3) is 1.59. The van der Waals surface area contributed by atoms with E-state index in [2.05, 4.69) is 22.0 Å². The number of fused-ring (bicyclic) bond motifs is 1. The van der Waals surface area contributed by atoms with Crippen LogP contribution in [-0.4, -0.2) is 24.3 Å². The number of rotatable bonds is 3. The summed E-state index contributed by atoms with van der Waals surface area (Å²) in [4.78, 5) is 8.68. The van der Waals surface area contributed by atoms with E-state index in [-0.39, 0.29) is 0 Å². The molecule has 0 fully saturated rings. The second-order valence-corrected chi connectivity index (χ2v) is 4.83. The Morgan fingerprint density at radius 2 is 2.28 bits per heavy atom. The van der Waals surface area contributed by atoms with Gasteiger partial charge in [-0.15, -0.1) is 11.3 Å². The summed E-state index contributed by atoms with van der Waals surface area (Å²) in [6, 6.07) is 0. The topological polar surface area (TPSA) is 74.6 Å². The van der Waals surface area contributed by atoms with Gasteiger partial charge in [-0.05, 0) is 13.8 Å². The lowest BCUT2D eigenvalue weighted by Gasteiger charge is -2.05. The van der Waals surface area contributed by atoms with E-state index in [1.807, 2.05) is 27.1 Å². The number of anilines is 1. The number of nitrogens with two attached hydrogens (primary N) is 1. The molecule has 3 rings (SSSR count). The van der Waals surface area contributed by atoms with Crippen molar-refractivity contribution in [2.75, 3.05) is 5.73 Å². The summed E-state index contributed by atoms with van der Waals surface area (Å²) in [5.41, 5.74) is 11.6. The maximum atomic E-state index is 5.99. The van der Waals surface area contributed by atoms with E-state index < -0.39 is 0 Å². The first-order valence-electron chi connectivity index (χ1n) is 5.77. The van der Waals surface area contributed by atoms with Gasteiger partial charge in [0, 0.05) is 11.9 Å². The Bertz CT molecular complexity index is 678. The van der Waals surface area contributed by atoms with E-state index in [0.29, 0.717) is 12.5 Å². The van der Waals surface area contributed by atoms with Gasteiger partial charge in [0.2, 0.25) is 5.95 Å². The average molecular weight is 262 g/mol. The molecule has 2 N–H and O–H groups in total. The maximum Gasteiger partial charge on any atom is 0.202 e. The van der Waals surface area contributed by atoms with Gasteiger partial charge in [0.25, 0.3) is 0 Å². The first-order chi connectivity index (χ1) is 8.70. The highest BCUT2D eigenvalue weighted by Crippen LogP contribution is 2.22. The molecule has 0 saturated carbocycles. The van der Waals surface area contributed by atoms with Crippen LogP contribution in [0.4, 0.5) is 5.95 Å². The Hall–Kier alpha value is -1.89. The van der Waals surface area contributed by atoms with Crippen LogP contribution in [0, 0.1) is 6.92 Å². The normalized spacial score (nSPS) is 11.4. The molecule has 0 radical (unpaired) electrons. The second kappa shape index (κ2) is 4.09. The van der Waals surface area contributed by atoms with E-state index in [1.165, 1.54) is 0 Å². The molecule has 0 amide bonds. The zero-order valence-corrected chi connectivity index (χ0v) is 11.1. The molecule has 3 heterocycles. The van der Waals surface area contributed by atoms with Crippen molar-refractivity contribution in [3.05, 3.63) is 22.3 Å². The molecule has 0 aliphatic carbocycles. The highest BCUT2D eigenvalue weighted by Gasteiger charge is 2.17. The summed E-state index contributed by atoms with van der Waals surface area (Å²) in [6.07, 6.45) is 0. The Kier molecular flexibility index (Phi) is 2.55. The number of aromatic nitrogens is 5. The number of imidazole rings is 1. The van der Waals surface area contributed by atoms with Crippen molar-refractivity contribution in [1.82, 2.24) is 24.3 Å². The minimum atomic E-state index is 0.515. The fraction of sp³-hybridized carbons (Fsp3) is 0.364. The molecule has 0 saturated heterocycles. The molecule has 94 valence electrons. The Morgan fingerprint density at radius 1 is 1.44 bits per heavy atom. The van der Waals surface area contributed by atoms with Gasteiger partial charge in [-0.3, -0.25) is 4.57 Å². The average Bonchev–Trinajstić information content (AvgIpc) is 3.02. The smallest absolute Gasteiger partial charge is 0.202 e. The number of aryl methyl sites for hydroxylation is 2. The van der Waals surface area contributed by atoms with Gasteiger partial charge in [0.05, 0.1) is 23.4 Å². The van der Waals surface area contributed by atoms with E-state index in [9.17, 15) is 0 Å². The SMILES string of the molecule is CCn1nc(C)c2nc(N)n(Cc3cscn3)c21. The minimum Gasteiger partial charge on any atom is -0.369 e. The van der Waals surface area contributed by atoms with Crippen molar-refractivity contribution in [2.45, 2.75) is 26.9 Å². The molecular formula is C11H14N6S. The van der Waals surface area contributed by atoms with Crippen LogP contribution in [0.5, 0.6) is 0 Å². The molecular weight excluding hydrogens is 248 g/mol. The third-order valence-electron chi connectivity index (χ3n) is 2.93. The van der Waals surface area contributed by atoms with Crippen molar-refractivity contribution in [2.24, 2.45) is 0 Å². The van der Waals surface area contributed by atoms with Crippen molar-refractivity contribution in [3.8, 4) is 0 Å². The molecule has 3 aromatic heterocycles. The van der Waals surface area contributed by atoms with Crippen LogP contribution in [0.15, 0.2) is 10.9 Å². The van der Waals surface area contributed by atoms with Crippen LogP contribution in [0.1, 0.15) is 18.3 Å². The zero-order chi connectivity index (χ0) is 12.7. The highest BCUT2D eigenvalue weighted by atomic mass is 32.1. The van der Waals surface area contributed by atoms with Crippen LogP contribution in [-0.2, 0) is 13.1 Å². The lowest BCUT2D eigenvalue weighted by Crippen LogP contribution is -2.09. The Labute approximate surface area is 108 Å². The number of nitrogens with zero attached hydrogens (tertiary/aromatic N) is 5. The Morgan fingerprint density at radius 3 is 2.94 bits per heavy atom. The Balaban J connectivity index is 2.18. The summed E-state index contributed by atoms with van der Waals surface area (Å²) >= 11 is 1.58. The first kappa shape index (κ1) is 11.2. The summed E-state index contributed by atoms with van der Waals surface area (Å²) in [7, 11) is 0. The second-order valence-electron chi connectivity index (χ2n) is 4.11.